The van der Waals surface area contributed by atoms with Crippen molar-refractivity contribution in [1.82, 2.24) is 4.90 Å². The smallest absolute Gasteiger partial charge is 0.278 e. The van der Waals surface area contributed by atoms with Crippen LogP contribution in [0, 0.1) is 0 Å². The number of nitrogens with one attached hydrogen (secondary N) is 1. The maximum absolute atomic E-state index is 13.0. The van der Waals surface area contributed by atoms with Crippen LogP contribution in [0.25, 0.3) is 5.57 Å². The lowest BCUT2D eigenvalue weighted by atomic mass is 10.2. The maximum atomic E-state index is 13.0. The van der Waals surface area contributed by atoms with Crippen molar-refractivity contribution in [2.75, 3.05) is 5.32 Å². The number of para-hydroxylation sites is 1. The Hall–Kier alpha value is -3.18. The summed E-state index contributed by atoms with van der Waals surface area (Å²) in [6, 6.07) is 22.7. The number of amides is 2. The molecule has 0 radical (unpaired) electrons. The van der Waals surface area contributed by atoms with Gasteiger partial charge in [0, 0.05) is 10.6 Å². The van der Waals surface area contributed by atoms with Crippen molar-refractivity contribution < 1.29 is 9.59 Å². The number of benzene rings is 2. The summed E-state index contributed by atoms with van der Waals surface area (Å²) in [5.74, 6) is -0.564. The lowest BCUT2D eigenvalue weighted by Crippen LogP contribution is -2.31. The van der Waals surface area contributed by atoms with E-state index in [-0.39, 0.29) is 18.4 Å². The van der Waals surface area contributed by atoms with Gasteiger partial charge in [0.05, 0.1) is 12.1 Å². The fraction of sp³-hybridized carbons (Fsp3) is 0.0476. The molecule has 1 aliphatic heterocycles. The molecule has 4 rings (SSSR count). The summed E-state index contributed by atoms with van der Waals surface area (Å²) in [6.45, 7) is 0.257. The van der Waals surface area contributed by atoms with Gasteiger partial charge in [-0.1, -0.05) is 54.6 Å². The molecular weight excluding hydrogens is 344 g/mol. The highest BCUT2D eigenvalue weighted by atomic mass is 32.1. The fourth-order valence-corrected chi connectivity index (χ4v) is 3.68. The van der Waals surface area contributed by atoms with E-state index < -0.39 is 0 Å². The third-order valence-electron chi connectivity index (χ3n) is 4.16. The number of hydrogen-bond acceptors (Lipinski definition) is 4. The van der Waals surface area contributed by atoms with Gasteiger partial charge in [-0.2, -0.15) is 0 Å². The van der Waals surface area contributed by atoms with Crippen LogP contribution in [0.15, 0.2) is 83.9 Å². The van der Waals surface area contributed by atoms with E-state index in [1.165, 1.54) is 16.2 Å². The van der Waals surface area contributed by atoms with Crippen LogP contribution in [0.5, 0.6) is 0 Å². The van der Waals surface area contributed by atoms with E-state index in [9.17, 15) is 9.59 Å². The second-order valence-corrected chi connectivity index (χ2v) is 6.85. The Balaban J connectivity index is 1.71. The molecule has 0 fully saturated rings. The molecule has 5 heteroatoms. The summed E-state index contributed by atoms with van der Waals surface area (Å²) >= 11 is 1.45. The van der Waals surface area contributed by atoms with Crippen molar-refractivity contribution >= 4 is 34.4 Å². The first-order chi connectivity index (χ1) is 12.7. The summed E-state index contributed by atoms with van der Waals surface area (Å²) in [5.41, 5.74) is 2.46. The molecule has 26 heavy (non-hydrogen) atoms. The second-order valence-electron chi connectivity index (χ2n) is 5.90. The molecule has 0 atom stereocenters. The van der Waals surface area contributed by atoms with Gasteiger partial charge in [0.1, 0.15) is 5.70 Å². The number of rotatable bonds is 5. The quantitative estimate of drug-likeness (QED) is 0.696. The average Bonchev–Trinajstić information content (AvgIpc) is 3.27. The SMILES string of the molecule is O=C1C(Nc2ccccc2)=C(c2cccs2)C(=O)N1Cc1ccccc1. The van der Waals surface area contributed by atoms with Crippen molar-refractivity contribution in [3.8, 4) is 0 Å². The van der Waals surface area contributed by atoms with Crippen LogP contribution >= 0.6 is 11.3 Å². The van der Waals surface area contributed by atoms with Gasteiger partial charge >= 0.3 is 0 Å². The average molecular weight is 360 g/mol. The predicted molar refractivity (Wildman–Crippen MR) is 103 cm³/mol. The van der Waals surface area contributed by atoms with E-state index in [0.29, 0.717) is 11.3 Å². The molecule has 1 aromatic heterocycles. The zero-order valence-corrected chi connectivity index (χ0v) is 14.7. The summed E-state index contributed by atoms with van der Waals surface area (Å²) in [4.78, 5) is 28.1. The highest BCUT2D eigenvalue weighted by Gasteiger charge is 2.39. The van der Waals surface area contributed by atoms with Crippen LogP contribution in [0.2, 0.25) is 0 Å². The third kappa shape index (κ3) is 3.05. The molecule has 128 valence electrons. The Bertz CT molecular complexity index is 964. The molecular formula is C21H16N2O2S. The Labute approximate surface area is 155 Å². The van der Waals surface area contributed by atoms with Gasteiger partial charge in [-0.25, -0.2) is 0 Å². The Morgan fingerprint density at radius 2 is 1.50 bits per heavy atom. The number of hydrogen-bond donors (Lipinski definition) is 1. The highest BCUT2D eigenvalue weighted by Crippen LogP contribution is 2.33. The van der Waals surface area contributed by atoms with Crippen molar-refractivity contribution in [1.29, 1.82) is 0 Å². The molecule has 4 nitrogen and oxygen atoms in total. The summed E-state index contributed by atoms with van der Waals surface area (Å²) in [7, 11) is 0. The largest absolute Gasteiger partial charge is 0.350 e. The van der Waals surface area contributed by atoms with Gasteiger partial charge < -0.3 is 5.32 Å². The topological polar surface area (TPSA) is 49.4 Å². The Morgan fingerprint density at radius 1 is 0.808 bits per heavy atom. The molecule has 0 saturated carbocycles. The van der Waals surface area contributed by atoms with Crippen LogP contribution in [-0.2, 0) is 16.1 Å². The summed E-state index contributed by atoms with van der Waals surface area (Å²) < 4.78 is 0. The van der Waals surface area contributed by atoms with E-state index >= 15 is 0 Å². The van der Waals surface area contributed by atoms with Gasteiger partial charge in [-0.05, 0) is 29.1 Å². The lowest BCUT2D eigenvalue weighted by molar-refractivity contribution is -0.137. The molecule has 0 spiro atoms. The lowest BCUT2D eigenvalue weighted by Gasteiger charge is -2.15. The van der Waals surface area contributed by atoms with Crippen molar-refractivity contribution in [3.05, 3.63) is 94.3 Å². The molecule has 0 aliphatic carbocycles. The van der Waals surface area contributed by atoms with Crippen molar-refractivity contribution in [2.24, 2.45) is 0 Å². The molecule has 1 N–H and O–H groups in total. The first-order valence-electron chi connectivity index (χ1n) is 8.24. The maximum Gasteiger partial charge on any atom is 0.278 e. The van der Waals surface area contributed by atoms with Gasteiger partial charge in [-0.15, -0.1) is 11.3 Å². The minimum atomic E-state index is -0.300. The molecule has 0 bridgehead atoms. The fourth-order valence-electron chi connectivity index (χ4n) is 2.92. The number of nitrogens with zero attached hydrogens (tertiary/aromatic N) is 1. The predicted octanol–water partition coefficient (Wildman–Crippen LogP) is 4.14. The van der Waals surface area contributed by atoms with Crippen molar-refractivity contribution in [2.45, 2.75) is 6.54 Å². The van der Waals surface area contributed by atoms with Gasteiger partial charge in [0.25, 0.3) is 11.8 Å². The Kier molecular flexibility index (Phi) is 4.37. The molecule has 0 saturated heterocycles. The van der Waals surface area contributed by atoms with E-state index in [0.717, 1.165) is 16.1 Å². The molecule has 1 aliphatic rings. The third-order valence-corrected chi connectivity index (χ3v) is 5.05. The number of thiophene rings is 1. The minimum Gasteiger partial charge on any atom is -0.350 e. The van der Waals surface area contributed by atoms with E-state index in [1.807, 2.05) is 78.2 Å². The highest BCUT2D eigenvalue weighted by molar-refractivity contribution is 7.11. The van der Waals surface area contributed by atoms with Crippen molar-refractivity contribution in [3.63, 3.8) is 0 Å². The zero-order valence-electron chi connectivity index (χ0n) is 13.9. The van der Waals surface area contributed by atoms with Crippen LogP contribution in [0.1, 0.15) is 10.4 Å². The minimum absolute atomic E-state index is 0.257. The second kappa shape index (κ2) is 6.98. The van der Waals surface area contributed by atoms with Crippen LogP contribution in [0.3, 0.4) is 0 Å². The first kappa shape index (κ1) is 16.3. The first-order valence-corrected chi connectivity index (χ1v) is 9.12. The number of carbonyl (C=O) groups excluding carboxylic acids is 2. The molecule has 3 aromatic rings. The Morgan fingerprint density at radius 3 is 2.15 bits per heavy atom. The zero-order chi connectivity index (χ0) is 17.9. The van der Waals surface area contributed by atoms with Crippen LogP contribution in [0.4, 0.5) is 5.69 Å². The summed E-state index contributed by atoms with van der Waals surface area (Å²) in [6.07, 6.45) is 0. The summed E-state index contributed by atoms with van der Waals surface area (Å²) in [5, 5.41) is 5.05. The monoisotopic (exact) mass is 360 g/mol. The van der Waals surface area contributed by atoms with Crippen LogP contribution in [-0.4, -0.2) is 16.7 Å². The normalized spacial score (nSPS) is 14.2. The standard InChI is InChI=1S/C21H16N2O2S/c24-20-18(17-12-7-13-26-17)19(22-16-10-5-2-6-11-16)21(25)23(20)14-15-8-3-1-4-9-15/h1-13,22H,14H2. The molecule has 0 unspecified atom stereocenters. The molecule has 2 heterocycles. The van der Waals surface area contributed by atoms with E-state index in [4.69, 9.17) is 0 Å². The number of anilines is 1. The number of carbonyl (C=O) groups is 2. The van der Waals surface area contributed by atoms with Gasteiger partial charge in [0.2, 0.25) is 0 Å². The van der Waals surface area contributed by atoms with E-state index in [2.05, 4.69) is 5.32 Å². The molecule has 2 amide bonds. The number of imide groups is 1. The molecule has 2 aromatic carbocycles. The van der Waals surface area contributed by atoms with E-state index in [1.54, 1.807) is 0 Å². The van der Waals surface area contributed by atoms with Crippen LogP contribution < -0.4 is 5.32 Å². The van der Waals surface area contributed by atoms with Gasteiger partial charge in [0.15, 0.2) is 0 Å². The van der Waals surface area contributed by atoms with Gasteiger partial charge in [-0.3, -0.25) is 14.5 Å².